The second kappa shape index (κ2) is 8.37. The van der Waals surface area contributed by atoms with Crippen molar-refractivity contribution >= 4 is 21.7 Å². The fourth-order valence-corrected chi connectivity index (χ4v) is 1.86. The lowest BCUT2D eigenvalue weighted by atomic mass is 10.1. The van der Waals surface area contributed by atoms with E-state index in [9.17, 15) is 4.79 Å². The van der Waals surface area contributed by atoms with Crippen molar-refractivity contribution in [3.05, 3.63) is 28.5 Å². The molecule has 1 aromatic rings. The van der Waals surface area contributed by atoms with Crippen LogP contribution in [0.2, 0.25) is 0 Å². The van der Waals surface area contributed by atoms with Gasteiger partial charge in [0.25, 0.3) is 0 Å². The van der Waals surface area contributed by atoms with E-state index in [-0.39, 0.29) is 5.78 Å². The van der Waals surface area contributed by atoms with E-state index >= 15 is 0 Å². The van der Waals surface area contributed by atoms with Crippen molar-refractivity contribution in [2.75, 3.05) is 6.54 Å². The SMILES string of the molecule is NCCCCCCC(=O)Cc1ccc(Br)cn1. The molecule has 3 nitrogen and oxygen atoms in total. The van der Waals surface area contributed by atoms with Crippen molar-refractivity contribution in [1.29, 1.82) is 0 Å². The summed E-state index contributed by atoms with van der Waals surface area (Å²) in [5, 5.41) is 0. The van der Waals surface area contributed by atoms with Crippen LogP contribution in [0.5, 0.6) is 0 Å². The number of unbranched alkanes of at least 4 members (excludes halogenated alkanes) is 3. The summed E-state index contributed by atoms with van der Waals surface area (Å²) in [7, 11) is 0. The van der Waals surface area contributed by atoms with E-state index in [0.717, 1.165) is 42.4 Å². The third-order valence-electron chi connectivity index (χ3n) is 2.58. The molecule has 0 atom stereocenters. The number of nitrogens with zero attached hydrogens (tertiary/aromatic N) is 1. The number of halogens is 1. The smallest absolute Gasteiger partial charge is 0.138 e. The Morgan fingerprint density at radius 3 is 2.65 bits per heavy atom. The molecule has 0 amide bonds. The van der Waals surface area contributed by atoms with Gasteiger partial charge in [0.05, 0.1) is 0 Å². The molecule has 0 aliphatic rings. The lowest BCUT2D eigenvalue weighted by Gasteiger charge is -2.01. The van der Waals surface area contributed by atoms with Gasteiger partial charge in [0.2, 0.25) is 0 Å². The van der Waals surface area contributed by atoms with Crippen LogP contribution in [-0.2, 0) is 11.2 Å². The topological polar surface area (TPSA) is 56.0 Å². The molecule has 0 spiro atoms. The van der Waals surface area contributed by atoms with Gasteiger partial charge in [-0.05, 0) is 47.4 Å². The number of hydrogen-bond donors (Lipinski definition) is 1. The van der Waals surface area contributed by atoms with E-state index < -0.39 is 0 Å². The predicted octanol–water partition coefficient (Wildman–Crippen LogP) is 2.86. The average Bonchev–Trinajstić information content (AvgIpc) is 2.32. The summed E-state index contributed by atoms with van der Waals surface area (Å²) in [4.78, 5) is 15.8. The molecule has 0 unspecified atom stereocenters. The van der Waals surface area contributed by atoms with Gasteiger partial charge >= 0.3 is 0 Å². The molecule has 1 heterocycles. The maximum Gasteiger partial charge on any atom is 0.138 e. The molecule has 0 saturated carbocycles. The predicted molar refractivity (Wildman–Crippen MR) is 72.8 cm³/mol. The van der Waals surface area contributed by atoms with Crippen LogP contribution in [0.25, 0.3) is 0 Å². The summed E-state index contributed by atoms with van der Waals surface area (Å²) in [6.07, 6.45) is 7.07. The quantitative estimate of drug-likeness (QED) is 0.751. The summed E-state index contributed by atoms with van der Waals surface area (Å²) in [5.74, 6) is 0.271. The van der Waals surface area contributed by atoms with Crippen molar-refractivity contribution < 1.29 is 4.79 Å². The maximum atomic E-state index is 11.7. The highest BCUT2D eigenvalue weighted by Gasteiger charge is 2.04. The average molecular weight is 299 g/mol. The van der Waals surface area contributed by atoms with Crippen LogP contribution in [0, 0.1) is 0 Å². The summed E-state index contributed by atoms with van der Waals surface area (Å²) >= 11 is 3.32. The minimum Gasteiger partial charge on any atom is -0.330 e. The van der Waals surface area contributed by atoms with Crippen LogP contribution >= 0.6 is 15.9 Å². The Balaban J connectivity index is 2.18. The molecule has 0 radical (unpaired) electrons. The third-order valence-corrected chi connectivity index (χ3v) is 3.05. The molecular weight excluding hydrogens is 280 g/mol. The van der Waals surface area contributed by atoms with Gasteiger partial charge in [0.1, 0.15) is 5.78 Å². The molecular formula is C13H19BrN2O. The van der Waals surface area contributed by atoms with Crippen LogP contribution in [-0.4, -0.2) is 17.3 Å². The highest BCUT2D eigenvalue weighted by molar-refractivity contribution is 9.10. The Labute approximate surface area is 111 Å². The molecule has 94 valence electrons. The molecule has 2 N–H and O–H groups in total. The number of Topliss-reactive ketones (excluding diaryl/α,β-unsaturated/α-hetero) is 1. The second-order valence-corrected chi connectivity index (χ2v) is 5.05. The highest BCUT2D eigenvalue weighted by atomic mass is 79.9. The van der Waals surface area contributed by atoms with Crippen molar-refractivity contribution in [2.24, 2.45) is 5.73 Å². The van der Waals surface area contributed by atoms with Crippen molar-refractivity contribution in [1.82, 2.24) is 4.98 Å². The maximum absolute atomic E-state index is 11.7. The number of nitrogens with two attached hydrogens (primary N) is 1. The summed E-state index contributed by atoms with van der Waals surface area (Å²) in [6, 6.07) is 3.80. The summed E-state index contributed by atoms with van der Waals surface area (Å²) < 4.78 is 0.940. The molecule has 0 saturated heterocycles. The zero-order valence-electron chi connectivity index (χ0n) is 9.99. The molecule has 4 heteroatoms. The zero-order chi connectivity index (χ0) is 12.5. The minimum absolute atomic E-state index is 0.271. The number of carbonyl (C=O) groups is 1. The van der Waals surface area contributed by atoms with Crippen molar-refractivity contribution in [2.45, 2.75) is 38.5 Å². The molecule has 0 aliphatic carbocycles. The number of aromatic nitrogens is 1. The van der Waals surface area contributed by atoms with Crippen LogP contribution in [0.1, 0.15) is 37.8 Å². The van der Waals surface area contributed by atoms with Gasteiger partial charge in [-0.15, -0.1) is 0 Å². The first-order valence-electron chi connectivity index (χ1n) is 6.04. The van der Waals surface area contributed by atoms with Crippen LogP contribution in [0.4, 0.5) is 0 Å². The lowest BCUT2D eigenvalue weighted by molar-refractivity contribution is -0.118. The van der Waals surface area contributed by atoms with Gasteiger partial charge < -0.3 is 5.73 Å². The zero-order valence-corrected chi connectivity index (χ0v) is 11.6. The van der Waals surface area contributed by atoms with E-state index in [1.807, 2.05) is 12.1 Å². The van der Waals surface area contributed by atoms with Gasteiger partial charge in [-0.1, -0.05) is 12.8 Å². The van der Waals surface area contributed by atoms with Crippen LogP contribution in [0.3, 0.4) is 0 Å². The van der Waals surface area contributed by atoms with E-state index in [4.69, 9.17) is 5.73 Å². The first-order chi connectivity index (χ1) is 8.22. The number of carbonyl (C=O) groups excluding carboxylic acids is 1. The first kappa shape index (κ1) is 14.3. The number of rotatable bonds is 8. The molecule has 1 rings (SSSR count). The Bertz CT molecular complexity index is 338. The Morgan fingerprint density at radius 2 is 2.00 bits per heavy atom. The van der Waals surface area contributed by atoms with Gasteiger partial charge in [-0.25, -0.2) is 0 Å². The Morgan fingerprint density at radius 1 is 1.24 bits per heavy atom. The van der Waals surface area contributed by atoms with E-state index in [1.54, 1.807) is 6.20 Å². The molecule has 17 heavy (non-hydrogen) atoms. The van der Waals surface area contributed by atoms with Gasteiger partial charge in [0, 0.05) is 29.2 Å². The summed E-state index contributed by atoms with van der Waals surface area (Å²) in [5.41, 5.74) is 6.25. The Hall–Kier alpha value is -0.740. The van der Waals surface area contributed by atoms with Crippen molar-refractivity contribution in [3.8, 4) is 0 Å². The fraction of sp³-hybridized carbons (Fsp3) is 0.538. The minimum atomic E-state index is 0.271. The highest BCUT2D eigenvalue weighted by Crippen LogP contribution is 2.09. The number of ketones is 1. The summed E-state index contributed by atoms with van der Waals surface area (Å²) in [6.45, 7) is 0.747. The number of pyridine rings is 1. The Kier molecular flexibility index (Phi) is 7.05. The molecule has 0 bridgehead atoms. The van der Waals surface area contributed by atoms with Crippen LogP contribution < -0.4 is 5.73 Å². The van der Waals surface area contributed by atoms with Gasteiger partial charge in [-0.3, -0.25) is 9.78 Å². The van der Waals surface area contributed by atoms with Crippen LogP contribution in [0.15, 0.2) is 22.8 Å². The second-order valence-electron chi connectivity index (χ2n) is 4.14. The normalized spacial score (nSPS) is 10.5. The van der Waals surface area contributed by atoms with Gasteiger partial charge in [-0.2, -0.15) is 0 Å². The lowest BCUT2D eigenvalue weighted by Crippen LogP contribution is -2.04. The third kappa shape index (κ3) is 6.54. The van der Waals surface area contributed by atoms with Crippen molar-refractivity contribution in [3.63, 3.8) is 0 Å². The molecule has 0 fully saturated rings. The standard InChI is InChI=1S/C13H19BrN2O/c14-11-6-7-12(16-10-11)9-13(17)5-3-1-2-4-8-15/h6-7,10H,1-5,8-9,15H2. The molecule has 0 aromatic carbocycles. The van der Waals surface area contributed by atoms with E-state index in [0.29, 0.717) is 12.8 Å². The first-order valence-corrected chi connectivity index (χ1v) is 6.84. The molecule has 0 aliphatic heterocycles. The molecule has 1 aromatic heterocycles. The number of hydrogen-bond acceptors (Lipinski definition) is 3. The largest absolute Gasteiger partial charge is 0.330 e. The van der Waals surface area contributed by atoms with E-state index in [1.165, 1.54) is 0 Å². The van der Waals surface area contributed by atoms with Gasteiger partial charge in [0.15, 0.2) is 0 Å². The van der Waals surface area contributed by atoms with E-state index in [2.05, 4.69) is 20.9 Å². The fourth-order valence-electron chi connectivity index (χ4n) is 1.62. The monoisotopic (exact) mass is 298 g/mol.